The Bertz CT molecular complexity index is 528. The van der Waals surface area contributed by atoms with Gasteiger partial charge in [0.05, 0.1) is 18.8 Å². The molecule has 6 nitrogen and oxygen atoms in total. The maximum Gasteiger partial charge on any atom is 0.267 e. The number of hydrogen-bond donors (Lipinski definition) is 1. The molecule has 1 saturated heterocycles. The number of morpholine rings is 1. The van der Waals surface area contributed by atoms with E-state index in [9.17, 15) is 9.59 Å². The molecule has 1 aromatic heterocycles. The highest BCUT2D eigenvalue weighted by molar-refractivity contribution is 6.01. The summed E-state index contributed by atoms with van der Waals surface area (Å²) in [6.07, 6.45) is 1.98. The van der Waals surface area contributed by atoms with Crippen LogP contribution in [0, 0.1) is 0 Å². The standard InChI is InChI=1S/C15H23N3O3/c1-10-6-18(7-11(2)21-10)9-14(19)12-5-13(15(20)16-3)17(4)8-12/h5,8,10-11H,6-7,9H2,1-4H3,(H,16,20)/t10-,11+. The van der Waals surface area contributed by atoms with Gasteiger partial charge in [-0.1, -0.05) is 0 Å². The lowest BCUT2D eigenvalue weighted by atomic mass is 10.1. The lowest BCUT2D eigenvalue weighted by Crippen LogP contribution is -2.47. The second kappa shape index (κ2) is 6.41. The number of hydrogen-bond acceptors (Lipinski definition) is 4. The van der Waals surface area contributed by atoms with Crippen molar-refractivity contribution >= 4 is 11.7 Å². The lowest BCUT2D eigenvalue weighted by molar-refractivity contribution is -0.0652. The highest BCUT2D eigenvalue weighted by atomic mass is 16.5. The highest BCUT2D eigenvalue weighted by Gasteiger charge is 2.24. The molecule has 0 radical (unpaired) electrons. The number of Topliss-reactive ketones (excluding diaryl/α,β-unsaturated/α-hetero) is 1. The Hall–Kier alpha value is -1.66. The van der Waals surface area contributed by atoms with Gasteiger partial charge in [0.15, 0.2) is 5.78 Å². The normalized spacial score (nSPS) is 23.0. The lowest BCUT2D eigenvalue weighted by Gasteiger charge is -2.34. The van der Waals surface area contributed by atoms with Gasteiger partial charge < -0.3 is 14.6 Å². The molecule has 2 atom stereocenters. The fourth-order valence-electron chi connectivity index (χ4n) is 2.78. The van der Waals surface area contributed by atoms with Gasteiger partial charge in [-0.2, -0.15) is 0 Å². The van der Waals surface area contributed by atoms with Crippen molar-refractivity contribution in [3.63, 3.8) is 0 Å². The Morgan fingerprint density at radius 2 is 1.95 bits per heavy atom. The molecule has 0 bridgehead atoms. The van der Waals surface area contributed by atoms with Crippen molar-refractivity contribution < 1.29 is 14.3 Å². The van der Waals surface area contributed by atoms with E-state index in [1.165, 1.54) is 0 Å². The molecule has 1 N–H and O–H groups in total. The van der Waals surface area contributed by atoms with Crippen LogP contribution in [-0.4, -0.2) is 60.0 Å². The summed E-state index contributed by atoms with van der Waals surface area (Å²) in [4.78, 5) is 26.2. The van der Waals surface area contributed by atoms with Crippen molar-refractivity contribution in [2.75, 3.05) is 26.7 Å². The van der Waals surface area contributed by atoms with Crippen LogP contribution in [0.1, 0.15) is 34.7 Å². The summed E-state index contributed by atoms with van der Waals surface area (Å²) in [5, 5.41) is 2.57. The van der Waals surface area contributed by atoms with Gasteiger partial charge in [-0.3, -0.25) is 14.5 Å². The van der Waals surface area contributed by atoms with Gasteiger partial charge in [-0.15, -0.1) is 0 Å². The van der Waals surface area contributed by atoms with E-state index in [1.54, 1.807) is 30.9 Å². The van der Waals surface area contributed by atoms with E-state index in [-0.39, 0.29) is 23.9 Å². The second-order valence-electron chi connectivity index (χ2n) is 5.68. The molecule has 0 unspecified atom stereocenters. The zero-order valence-electron chi connectivity index (χ0n) is 13.0. The third-order valence-corrected chi connectivity index (χ3v) is 3.65. The Balaban J connectivity index is 2.05. The number of nitrogens with one attached hydrogen (secondary N) is 1. The van der Waals surface area contributed by atoms with Crippen molar-refractivity contribution in [3.8, 4) is 0 Å². The molecular formula is C15H23N3O3. The molecule has 1 aliphatic rings. The third kappa shape index (κ3) is 3.71. The predicted octanol–water partition coefficient (Wildman–Crippen LogP) is 0.677. The summed E-state index contributed by atoms with van der Waals surface area (Å²) in [6, 6.07) is 1.65. The molecule has 0 aromatic carbocycles. The molecule has 0 aliphatic carbocycles. The van der Waals surface area contributed by atoms with E-state index in [0.717, 1.165) is 13.1 Å². The average molecular weight is 293 g/mol. The molecule has 1 fully saturated rings. The largest absolute Gasteiger partial charge is 0.373 e. The van der Waals surface area contributed by atoms with Gasteiger partial charge >= 0.3 is 0 Å². The molecule has 2 rings (SSSR count). The minimum atomic E-state index is -0.190. The van der Waals surface area contributed by atoms with Crippen LogP contribution < -0.4 is 5.32 Å². The van der Waals surface area contributed by atoms with E-state index in [4.69, 9.17) is 4.74 Å². The number of amides is 1. The van der Waals surface area contributed by atoms with Gasteiger partial charge in [0.1, 0.15) is 5.69 Å². The van der Waals surface area contributed by atoms with E-state index in [2.05, 4.69) is 10.2 Å². The predicted molar refractivity (Wildman–Crippen MR) is 79.6 cm³/mol. The molecule has 6 heteroatoms. The van der Waals surface area contributed by atoms with Gasteiger partial charge in [0.25, 0.3) is 5.91 Å². The summed E-state index contributed by atoms with van der Waals surface area (Å²) >= 11 is 0. The molecular weight excluding hydrogens is 270 g/mol. The van der Waals surface area contributed by atoms with E-state index >= 15 is 0 Å². The SMILES string of the molecule is CNC(=O)c1cc(C(=O)CN2C[C@@H](C)O[C@@H](C)C2)cn1C. The molecule has 0 spiro atoms. The molecule has 1 aromatic rings. The van der Waals surface area contributed by atoms with Crippen LogP contribution in [0.5, 0.6) is 0 Å². The minimum Gasteiger partial charge on any atom is -0.373 e. The summed E-state index contributed by atoms with van der Waals surface area (Å²) in [6.45, 7) is 5.89. The number of ketones is 1. The van der Waals surface area contributed by atoms with Crippen molar-refractivity contribution in [1.29, 1.82) is 0 Å². The minimum absolute atomic E-state index is 0.0297. The monoisotopic (exact) mass is 293 g/mol. The number of ether oxygens (including phenoxy) is 1. The van der Waals surface area contributed by atoms with Gasteiger partial charge in [0.2, 0.25) is 0 Å². The van der Waals surface area contributed by atoms with E-state index < -0.39 is 0 Å². The molecule has 116 valence electrons. The smallest absolute Gasteiger partial charge is 0.267 e. The van der Waals surface area contributed by atoms with Crippen molar-refractivity contribution in [1.82, 2.24) is 14.8 Å². The van der Waals surface area contributed by atoms with Crippen molar-refractivity contribution in [2.45, 2.75) is 26.1 Å². The highest BCUT2D eigenvalue weighted by Crippen LogP contribution is 2.13. The molecule has 0 saturated carbocycles. The van der Waals surface area contributed by atoms with Crippen molar-refractivity contribution in [2.24, 2.45) is 7.05 Å². The number of carbonyl (C=O) groups excluding carboxylic acids is 2. The second-order valence-corrected chi connectivity index (χ2v) is 5.68. The summed E-state index contributed by atoms with van der Waals surface area (Å²) in [5.74, 6) is -0.160. The van der Waals surface area contributed by atoms with E-state index in [1.807, 2.05) is 13.8 Å². The number of aryl methyl sites for hydroxylation is 1. The Kier molecular flexibility index (Phi) is 4.80. The summed E-state index contributed by atoms with van der Waals surface area (Å²) in [7, 11) is 3.34. The molecule has 21 heavy (non-hydrogen) atoms. The first-order valence-electron chi connectivity index (χ1n) is 7.20. The first-order chi connectivity index (χ1) is 9.90. The molecule has 1 aliphatic heterocycles. The van der Waals surface area contributed by atoms with Crippen LogP contribution in [0.25, 0.3) is 0 Å². The number of nitrogens with zero attached hydrogens (tertiary/aromatic N) is 2. The maximum absolute atomic E-state index is 12.4. The van der Waals surface area contributed by atoms with E-state index in [0.29, 0.717) is 17.8 Å². The zero-order chi connectivity index (χ0) is 15.6. The van der Waals surface area contributed by atoms with Crippen LogP contribution in [0.2, 0.25) is 0 Å². The number of carbonyl (C=O) groups is 2. The zero-order valence-corrected chi connectivity index (χ0v) is 13.0. The topological polar surface area (TPSA) is 63.6 Å². The first kappa shape index (κ1) is 15.7. The van der Waals surface area contributed by atoms with Crippen LogP contribution >= 0.6 is 0 Å². The molecule has 1 amide bonds. The third-order valence-electron chi connectivity index (χ3n) is 3.65. The van der Waals surface area contributed by atoms with Crippen LogP contribution in [0.4, 0.5) is 0 Å². The Morgan fingerprint density at radius 1 is 1.33 bits per heavy atom. The molecule has 2 heterocycles. The number of aromatic nitrogens is 1. The summed E-state index contributed by atoms with van der Waals surface area (Å²) in [5.41, 5.74) is 1.06. The van der Waals surface area contributed by atoms with Gasteiger partial charge in [-0.25, -0.2) is 0 Å². The van der Waals surface area contributed by atoms with Crippen LogP contribution in [0.15, 0.2) is 12.3 Å². The van der Waals surface area contributed by atoms with Gasteiger partial charge in [0, 0.05) is 38.9 Å². The Morgan fingerprint density at radius 3 is 2.52 bits per heavy atom. The quantitative estimate of drug-likeness (QED) is 0.829. The Labute approximate surface area is 125 Å². The van der Waals surface area contributed by atoms with Crippen LogP contribution in [-0.2, 0) is 11.8 Å². The average Bonchev–Trinajstić information content (AvgIpc) is 2.79. The summed E-state index contributed by atoms with van der Waals surface area (Å²) < 4.78 is 7.34. The fourth-order valence-corrected chi connectivity index (χ4v) is 2.78. The fraction of sp³-hybridized carbons (Fsp3) is 0.600. The van der Waals surface area contributed by atoms with Crippen molar-refractivity contribution in [3.05, 3.63) is 23.5 Å². The number of rotatable bonds is 4. The van der Waals surface area contributed by atoms with Gasteiger partial charge in [-0.05, 0) is 19.9 Å². The van der Waals surface area contributed by atoms with Crippen LogP contribution in [0.3, 0.4) is 0 Å². The first-order valence-corrected chi connectivity index (χ1v) is 7.20. The maximum atomic E-state index is 12.4.